The maximum Gasteiger partial charge on any atom is 0.235 e. The number of hydrogen-bond donors (Lipinski definition) is 0. The fraction of sp³-hybridized carbons (Fsp3) is 0.857. The van der Waals surface area contributed by atoms with Gasteiger partial charge in [-0.1, -0.05) is 5.16 Å². The van der Waals surface area contributed by atoms with Gasteiger partial charge in [-0.2, -0.15) is 4.98 Å². The van der Waals surface area contributed by atoms with Crippen LogP contribution in [0.15, 0.2) is 4.52 Å². The Hall–Kier alpha value is -0.990. The van der Waals surface area contributed by atoms with E-state index < -0.39 is 10.0 Å². The third kappa shape index (κ3) is 2.37. The first-order valence-electron chi connectivity index (χ1n) is 7.81. The van der Waals surface area contributed by atoms with Gasteiger partial charge in [-0.3, -0.25) is 4.90 Å². The highest BCUT2D eigenvalue weighted by molar-refractivity contribution is 7.89. The minimum atomic E-state index is -3.19. The van der Waals surface area contributed by atoms with E-state index in [9.17, 15) is 8.42 Å². The first kappa shape index (κ1) is 15.9. The fourth-order valence-corrected chi connectivity index (χ4v) is 4.85. The van der Waals surface area contributed by atoms with Gasteiger partial charge in [0.2, 0.25) is 15.9 Å². The largest absolute Gasteiger partial charge is 0.339 e. The smallest absolute Gasteiger partial charge is 0.235 e. The molecule has 0 aliphatic carbocycles. The molecule has 0 radical (unpaired) electrons. The lowest BCUT2D eigenvalue weighted by molar-refractivity contribution is 0.221. The minimum Gasteiger partial charge on any atom is -0.339 e. The second kappa shape index (κ2) is 5.28. The molecule has 3 heterocycles. The Morgan fingerprint density at radius 2 is 2.09 bits per heavy atom. The van der Waals surface area contributed by atoms with Crippen LogP contribution in [0.1, 0.15) is 32.5 Å². The Bertz CT molecular complexity index is 657. The molecule has 3 rings (SSSR count). The molecule has 124 valence electrons. The monoisotopic (exact) mass is 328 g/mol. The molecule has 0 amide bonds. The second-order valence-electron chi connectivity index (χ2n) is 6.72. The van der Waals surface area contributed by atoms with E-state index in [1.54, 1.807) is 18.2 Å². The van der Waals surface area contributed by atoms with Crippen LogP contribution in [-0.4, -0.2) is 65.7 Å². The third-order valence-corrected chi connectivity index (χ3v) is 6.84. The molecule has 7 nitrogen and oxygen atoms in total. The summed E-state index contributed by atoms with van der Waals surface area (Å²) in [6.07, 6.45) is 0. The van der Waals surface area contributed by atoms with E-state index in [1.807, 2.05) is 0 Å². The molecule has 22 heavy (non-hydrogen) atoms. The highest BCUT2D eigenvalue weighted by Crippen LogP contribution is 2.45. The number of rotatable bonds is 4. The lowest BCUT2D eigenvalue weighted by Crippen LogP contribution is -2.41. The molecule has 0 unspecified atom stereocenters. The van der Waals surface area contributed by atoms with E-state index in [0.717, 1.165) is 13.1 Å². The number of sulfonamides is 1. The summed E-state index contributed by atoms with van der Waals surface area (Å²) in [5.41, 5.74) is -0.367. The Labute approximate surface area is 131 Å². The van der Waals surface area contributed by atoms with E-state index >= 15 is 0 Å². The predicted molar refractivity (Wildman–Crippen MR) is 81.9 cm³/mol. The van der Waals surface area contributed by atoms with Crippen LogP contribution >= 0.6 is 0 Å². The molecule has 0 N–H and O–H groups in total. The molecule has 2 fully saturated rings. The molecule has 2 aliphatic heterocycles. The van der Waals surface area contributed by atoms with Crippen LogP contribution in [0.5, 0.6) is 0 Å². The zero-order chi connectivity index (χ0) is 16.1. The van der Waals surface area contributed by atoms with E-state index in [1.165, 1.54) is 0 Å². The third-order valence-electron chi connectivity index (χ3n) is 5.05. The molecule has 0 saturated carbocycles. The van der Waals surface area contributed by atoms with Crippen molar-refractivity contribution in [2.45, 2.75) is 39.2 Å². The van der Waals surface area contributed by atoms with Gasteiger partial charge in [0.15, 0.2) is 5.82 Å². The quantitative estimate of drug-likeness (QED) is 0.806. The maximum atomic E-state index is 12.3. The molecule has 0 bridgehead atoms. The van der Waals surface area contributed by atoms with Gasteiger partial charge < -0.3 is 4.52 Å². The number of fused-ring (bicyclic) bond motifs is 1. The fourth-order valence-electron chi connectivity index (χ4n) is 3.65. The Morgan fingerprint density at radius 3 is 2.64 bits per heavy atom. The zero-order valence-electron chi connectivity index (χ0n) is 13.6. The van der Waals surface area contributed by atoms with Crippen LogP contribution in [0, 0.1) is 12.8 Å². The normalized spacial score (nSPS) is 30.3. The summed E-state index contributed by atoms with van der Waals surface area (Å²) >= 11 is 0. The van der Waals surface area contributed by atoms with Gasteiger partial charge in [-0.15, -0.1) is 0 Å². The average Bonchev–Trinajstić information content (AvgIpc) is 3.09. The van der Waals surface area contributed by atoms with Gasteiger partial charge in [-0.05, 0) is 27.7 Å². The average molecular weight is 328 g/mol. The molecular formula is C14H24N4O3S. The Morgan fingerprint density at radius 1 is 1.36 bits per heavy atom. The summed E-state index contributed by atoms with van der Waals surface area (Å²) < 4.78 is 31.6. The molecule has 0 aromatic carbocycles. The van der Waals surface area contributed by atoms with Crippen LogP contribution in [0.3, 0.4) is 0 Å². The van der Waals surface area contributed by atoms with Crippen LogP contribution in [0.4, 0.5) is 0 Å². The number of aromatic nitrogens is 2. The zero-order valence-corrected chi connectivity index (χ0v) is 14.4. The summed E-state index contributed by atoms with van der Waals surface area (Å²) in [4.78, 5) is 6.81. The van der Waals surface area contributed by atoms with E-state index in [0.29, 0.717) is 30.8 Å². The maximum absolute atomic E-state index is 12.3. The van der Waals surface area contributed by atoms with Crippen molar-refractivity contribution in [3.8, 4) is 0 Å². The first-order valence-corrected chi connectivity index (χ1v) is 9.42. The number of nitrogens with zero attached hydrogens (tertiary/aromatic N) is 4. The molecule has 2 saturated heterocycles. The second-order valence-corrected chi connectivity index (χ2v) is 8.97. The molecule has 8 heteroatoms. The van der Waals surface area contributed by atoms with Crippen molar-refractivity contribution in [3.63, 3.8) is 0 Å². The summed E-state index contributed by atoms with van der Waals surface area (Å²) in [6, 6.07) is 0.419. The highest BCUT2D eigenvalue weighted by atomic mass is 32.2. The van der Waals surface area contributed by atoms with Gasteiger partial charge in [0.1, 0.15) is 0 Å². The van der Waals surface area contributed by atoms with Crippen LogP contribution < -0.4 is 0 Å². The van der Waals surface area contributed by atoms with Crippen LogP contribution in [0.25, 0.3) is 0 Å². The predicted octanol–water partition coefficient (Wildman–Crippen LogP) is 0.621. The van der Waals surface area contributed by atoms with Crippen LogP contribution in [0.2, 0.25) is 0 Å². The van der Waals surface area contributed by atoms with Gasteiger partial charge in [0.05, 0.1) is 11.2 Å². The van der Waals surface area contributed by atoms with Crippen LogP contribution in [-0.2, 0) is 15.4 Å². The summed E-state index contributed by atoms with van der Waals surface area (Å²) in [6.45, 7) is 10.4. The van der Waals surface area contributed by atoms with Gasteiger partial charge >= 0.3 is 0 Å². The Kier molecular flexibility index (Phi) is 3.81. The molecule has 0 spiro atoms. The SMILES string of the molecule is CCS(=O)(=O)N1C[C@@H]2CN(C(C)C)C[C@]2(c2nc(C)no2)C1. The number of likely N-dealkylation sites (tertiary alicyclic amines) is 1. The van der Waals surface area contributed by atoms with Gasteiger partial charge in [-0.25, -0.2) is 12.7 Å². The molecule has 1 aromatic heterocycles. The molecule has 1 aromatic rings. The van der Waals surface area contributed by atoms with E-state index in [-0.39, 0.29) is 17.1 Å². The van der Waals surface area contributed by atoms with Crippen molar-refractivity contribution in [1.29, 1.82) is 0 Å². The minimum absolute atomic E-state index is 0.132. The van der Waals surface area contributed by atoms with Crippen molar-refractivity contribution < 1.29 is 12.9 Å². The van der Waals surface area contributed by atoms with E-state index in [4.69, 9.17) is 4.52 Å². The first-order chi connectivity index (χ1) is 10.3. The topological polar surface area (TPSA) is 79.5 Å². The van der Waals surface area contributed by atoms with Crippen molar-refractivity contribution in [2.24, 2.45) is 5.92 Å². The van der Waals surface area contributed by atoms with Crippen molar-refractivity contribution >= 4 is 10.0 Å². The number of aryl methyl sites for hydroxylation is 1. The van der Waals surface area contributed by atoms with Crippen molar-refractivity contribution in [2.75, 3.05) is 31.9 Å². The van der Waals surface area contributed by atoms with Crippen molar-refractivity contribution in [3.05, 3.63) is 11.7 Å². The van der Waals surface area contributed by atoms with Gasteiger partial charge in [0, 0.05) is 38.1 Å². The molecule has 2 atom stereocenters. The summed E-state index contributed by atoms with van der Waals surface area (Å²) in [5, 5.41) is 3.92. The number of hydrogen-bond acceptors (Lipinski definition) is 6. The lowest BCUT2D eigenvalue weighted by Gasteiger charge is -2.27. The summed E-state index contributed by atoms with van der Waals surface area (Å²) in [5.74, 6) is 1.53. The summed E-state index contributed by atoms with van der Waals surface area (Å²) in [7, 11) is -3.19. The Balaban J connectivity index is 1.97. The van der Waals surface area contributed by atoms with Crippen molar-refractivity contribution in [1.82, 2.24) is 19.3 Å². The standard InChI is InChI=1S/C14H24N4O3S/c1-5-22(19,20)18-7-12-6-17(10(2)3)8-14(12,9-18)13-15-11(4)16-21-13/h10,12H,5-9H2,1-4H3/t12-,14-/m0/s1. The highest BCUT2D eigenvalue weighted by Gasteiger charge is 2.58. The molecular weight excluding hydrogens is 304 g/mol. The van der Waals surface area contributed by atoms with E-state index in [2.05, 4.69) is 28.9 Å². The lowest BCUT2D eigenvalue weighted by atomic mass is 9.81. The molecule has 2 aliphatic rings. The van der Waals surface area contributed by atoms with Gasteiger partial charge in [0.25, 0.3) is 0 Å².